The van der Waals surface area contributed by atoms with Crippen LogP contribution in [0.3, 0.4) is 0 Å². The highest BCUT2D eigenvalue weighted by Crippen LogP contribution is 1.93. The summed E-state index contributed by atoms with van der Waals surface area (Å²) < 4.78 is 4.56. The quantitative estimate of drug-likeness (QED) is 0.425. The number of nitrogens with one attached hydrogen (secondary N) is 1. The van der Waals surface area contributed by atoms with Crippen LogP contribution in [0.2, 0.25) is 0 Å². The Morgan fingerprint density at radius 3 is 2.47 bits per heavy atom. The number of hydrogen-bond acceptors (Lipinski definition) is 5. The molecule has 0 fully saturated rings. The van der Waals surface area contributed by atoms with Crippen LogP contribution >= 0.6 is 0 Å². The van der Waals surface area contributed by atoms with Gasteiger partial charge in [-0.05, 0) is 19.4 Å². The molecule has 2 N–H and O–H groups in total. The van der Waals surface area contributed by atoms with Crippen LogP contribution in [-0.2, 0) is 19.1 Å². The largest absolute Gasteiger partial charge is 0.481 e. The highest BCUT2D eigenvalue weighted by atomic mass is 16.5. The Hall–Kier alpha value is -1.63. The fourth-order valence-corrected chi connectivity index (χ4v) is 1.50. The molecular formula is C12H22N2O5. The van der Waals surface area contributed by atoms with E-state index in [0.717, 1.165) is 6.42 Å². The molecule has 0 aliphatic rings. The van der Waals surface area contributed by atoms with Gasteiger partial charge in [0, 0.05) is 13.0 Å². The Labute approximate surface area is 112 Å². The van der Waals surface area contributed by atoms with Crippen LogP contribution in [0.5, 0.6) is 0 Å². The number of nitrogens with zero attached hydrogens (tertiary/aromatic N) is 1. The lowest BCUT2D eigenvalue weighted by molar-refractivity contribution is -0.142. The van der Waals surface area contributed by atoms with Gasteiger partial charge in [-0.1, -0.05) is 6.92 Å². The first-order chi connectivity index (χ1) is 8.99. The third kappa shape index (κ3) is 10.0. The van der Waals surface area contributed by atoms with Crippen LogP contribution in [0.25, 0.3) is 0 Å². The summed E-state index contributed by atoms with van der Waals surface area (Å²) in [6, 6.07) is 0. The van der Waals surface area contributed by atoms with Crippen molar-refractivity contribution in [1.82, 2.24) is 10.2 Å². The van der Waals surface area contributed by atoms with Crippen molar-refractivity contribution in [3.05, 3.63) is 0 Å². The van der Waals surface area contributed by atoms with Gasteiger partial charge in [0.15, 0.2) is 0 Å². The van der Waals surface area contributed by atoms with Gasteiger partial charge < -0.3 is 15.2 Å². The van der Waals surface area contributed by atoms with Crippen molar-refractivity contribution >= 4 is 17.8 Å². The smallest absolute Gasteiger partial charge is 0.319 e. The third-order valence-corrected chi connectivity index (χ3v) is 2.38. The molecule has 0 radical (unpaired) electrons. The predicted molar refractivity (Wildman–Crippen MR) is 68.6 cm³/mol. The van der Waals surface area contributed by atoms with Gasteiger partial charge in [-0.3, -0.25) is 19.3 Å². The van der Waals surface area contributed by atoms with Crippen LogP contribution in [0.1, 0.15) is 26.2 Å². The zero-order valence-electron chi connectivity index (χ0n) is 11.5. The van der Waals surface area contributed by atoms with E-state index in [4.69, 9.17) is 5.11 Å². The van der Waals surface area contributed by atoms with Crippen molar-refractivity contribution in [3.63, 3.8) is 0 Å². The van der Waals surface area contributed by atoms with Gasteiger partial charge in [0.05, 0.1) is 20.2 Å². The van der Waals surface area contributed by atoms with Gasteiger partial charge in [-0.15, -0.1) is 0 Å². The first-order valence-corrected chi connectivity index (χ1v) is 6.27. The first-order valence-electron chi connectivity index (χ1n) is 6.27. The third-order valence-electron chi connectivity index (χ3n) is 2.38. The molecule has 0 heterocycles. The number of amides is 1. The first kappa shape index (κ1) is 17.4. The Balaban J connectivity index is 3.95. The fraction of sp³-hybridized carbons (Fsp3) is 0.750. The molecule has 1 amide bonds. The maximum absolute atomic E-state index is 11.6. The summed E-state index contributed by atoms with van der Waals surface area (Å²) in [5, 5.41) is 11.1. The van der Waals surface area contributed by atoms with E-state index >= 15 is 0 Å². The molecule has 0 aliphatic heterocycles. The van der Waals surface area contributed by atoms with Crippen molar-refractivity contribution in [3.8, 4) is 0 Å². The SMILES string of the molecule is CCCN(CC(=O)NCCCC(=O)O)CC(=O)OC. The van der Waals surface area contributed by atoms with Gasteiger partial charge in [-0.2, -0.15) is 0 Å². The highest BCUT2D eigenvalue weighted by molar-refractivity contribution is 5.79. The van der Waals surface area contributed by atoms with E-state index in [-0.39, 0.29) is 31.4 Å². The number of ether oxygens (including phenoxy) is 1. The number of carbonyl (C=O) groups excluding carboxylic acids is 2. The van der Waals surface area contributed by atoms with Crippen molar-refractivity contribution in [2.75, 3.05) is 33.3 Å². The van der Waals surface area contributed by atoms with E-state index in [1.807, 2.05) is 6.92 Å². The summed E-state index contributed by atoms with van der Waals surface area (Å²) in [5.74, 6) is -1.48. The molecule has 0 rings (SSSR count). The van der Waals surface area contributed by atoms with E-state index in [1.165, 1.54) is 7.11 Å². The Bertz CT molecular complexity index is 306. The van der Waals surface area contributed by atoms with Crippen molar-refractivity contribution in [2.45, 2.75) is 26.2 Å². The molecule has 19 heavy (non-hydrogen) atoms. The molecular weight excluding hydrogens is 252 g/mol. The second kappa shape index (κ2) is 10.3. The van der Waals surface area contributed by atoms with E-state index in [9.17, 15) is 14.4 Å². The molecule has 0 aliphatic carbocycles. The lowest BCUT2D eigenvalue weighted by Gasteiger charge is -2.19. The minimum absolute atomic E-state index is 0.0289. The zero-order chi connectivity index (χ0) is 14.7. The van der Waals surface area contributed by atoms with E-state index < -0.39 is 5.97 Å². The standard InChI is InChI=1S/C12H22N2O5/c1-3-7-14(9-12(18)19-2)8-10(15)13-6-4-5-11(16)17/h3-9H2,1-2H3,(H,13,15)(H,16,17). The van der Waals surface area contributed by atoms with Crippen molar-refractivity contribution in [1.29, 1.82) is 0 Å². The summed E-state index contributed by atoms with van der Waals surface area (Å²) in [5.41, 5.74) is 0. The summed E-state index contributed by atoms with van der Waals surface area (Å²) in [4.78, 5) is 34.7. The number of carboxylic acids is 1. The molecule has 0 aromatic carbocycles. The minimum atomic E-state index is -0.882. The Kier molecular flexibility index (Phi) is 9.42. The number of methoxy groups -OCH3 is 1. The van der Waals surface area contributed by atoms with E-state index in [0.29, 0.717) is 19.5 Å². The summed E-state index contributed by atoms with van der Waals surface area (Å²) in [7, 11) is 1.30. The van der Waals surface area contributed by atoms with Gasteiger partial charge >= 0.3 is 11.9 Å². The molecule has 0 unspecified atom stereocenters. The Morgan fingerprint density at radius 2 is 1.95 bits per heavy atom. The molecule has 110 valence electrons. The fourth-order valence-electron chi connectivity index (χ4n) is 1.50. The molecule has 0 spiro atoms. The average molecular weight is 274 g/mol. The van der Waals surface area contributed by atoms with Crippen molar-refractivity contribution in [2.24, 2.45) is 0 Å². The number of aliphatic carboxylic acids is 1. The van der Waals surface area contributed by atoms with Gasteiger partial charge in [0.1, 0.15) is 0 Å². The molecule has 0 atom stereocenters. The van der Waals surface area contributed by atoms with Crippen LogP contribution in [0.15, 0.2) is 0 Å². The second-order valence-corrected chi connectivity index (χ2v) is 4.13. The van der Waals surface area contributed by atoms with Crippen LogP contribution in [-0.4, -0.2) is 61.1 Å². The van der Waals surface area contributed by atoms with Gasteiger partial charge in [0.25, 0.3) is 0 Å². The predicted octanol–water partition coefficient (Wildman–Crippen LogP) is -0.148. The van der Waals surface area contributed by atoms with Gasteiger partial charge in [0.2, 0.25) is 5.91 Å². The summed E-state index contributed by atoms with van der Waals surface area (Å²) >= 11 is 0. The van der Waals surface area contributed by atoms with Gasteiger partial charge in [-0.25, -0.2) is 0 Å². The maximum Gasteiger partial charge on any atom is 0.319 e. The number of carboxylic acid groups (broad SMARTS) is 1. The molecule has 7 nitrogen and oxygen atoms in total. The molecule has 0 aromatic rings. The monoisotopic (exact) mass is 274 g/mol. The average Bonchev–Trinajstić information content (AvgIpc) is 2.34. The zero-order valence-corrected chi connectivity index (χ0v) is 11.5. The van der Waals surface area contributed by atoms with Crippen molar-refractivity contribution < 1.29 is 24.2 Å². The van der Waals surface area contributed by atoms with E-state index in [2.05, 4.69) is 10.1 Å². The molecule has 0 aromatic heterocycles. The second-order valence-electron chi connectivity index (χ2n) is 4.13. The van der Waals surface area contributed by atoms with Crippen LogP contribution < -0.4 is 5.32 Å². The molecule has 0 saturated heterocycles. The lowest BCUT2D eigenvalue weighted by Crippen LogP contribution is -2.40. The Morgan fingerprint density at radius 1 is 1.26 bits per heavy atom. The van der Waals surface area contributed by atoms with E-state index in [1.54, 1.807) is 4.90 Å². The lowest BCUT2D eigenvalue weighted by atomic mass is 10.3. The maximum atomic E-state index is 11.6. The topological polar surface area (TPSA) is 95.9 Å². The van der Waals surface area contributed by atoms with Crippen LogP contribution in [0, 0.1) is 0 Å². The highest BCUT2D eigenvalue weighted by Gasteiger charge is 2.13. The number of hydrogen-bond donors (Lipinski definition) is 2. The number of rotatable bonds is 10. The number of esters is 1. The summed E-state index contributed by atoms with van der Waals surface area (Å²) in [6.07, 6.45) is 1.25. The molecule has 0 saturated carbocycles. The molecule has 7 heteroatoms. The molecule has 0 bridgehead atoms. The summed E-state index contributed by atoms with van der Waals surface area (Å²) in [6.45, 7) is 3.08. The normalized spacial score (nSPS) is 10.3. The minimum Gasteiger partial charge on any atom is -0.481 e. The van der Waals surface area contributed by atoms with Crippen LogP contribution in [0.4, 0.5) is 0 Å². The number of carbonyl (C=O) groups is 3.